The predicted octanol–water partition coefficient (Wildman–Crippen LogP) is -1.32. The summed E-state index contributed by atoms with van der Waals surface area (Å²) in [4.78, 5) is 12.9. The van der Waals surface area contributed by atoms with Crippen LogP contribution in [0.3, 0.4) is 0 Å². The van der Waals surface area contributed by atoms with E-state index < -0.39 is 0 Å². The second kappa shape index (κ2) is 9.93. The van der Waals surface area contributed by atoms with E-state index >= 15 is 0 Å². The number of nitrogens with zero attached hydrogens (tertiary/aromatic N) is 1. The topological polar surface area (TPSA) is 35.7 Å². The van der Waals surface area contributed by atoms with Crippen molar-refractivity contribution in [1.29, 1.82) is 0 Å². The van der Waals surface area contributed by atoms with Crippen molar-refractivity contribution in [3.8, 4) is 0 Å². The first-order valence-corrected chi connectivity index (χ1v) is 8.13. The third-order valence-electron chi connectivity index (χ3n) is 3.85. The Labute approximate surface area is 155 Å². The van der Waals surface area contributed by atoms with Gasteiger partial charge in [0, 0.05) is 17.6 Å². The molecule has 0 radical (unpaired) electrons. The summed E-state index contributed by atoms with van der Waals surface area (Å²) >= 11 is 0. The quantitative estimate of drug-likeness (QED) is 0.417. The molecule has 2 aromatic rings. The molecule has 0 atom stereocenters. The summed E-state index contributed by atoms with van der Waals surface area (Å²) < 4.78 is 7.40. The van der Waals surface area contributed by atoms with Crippen molar-refractivity contribution in [3.05, 3.63) is 36.0 Å². The van der Waals surface area contributed by atoms with Crippen LogP contribution >= 0.6 is 0 Å². The van der Waals surface area contributed by atoms with Gasteiger partial charge in [-0.3, -0.25) is 4.79 Å². The number of rotatable bonds is 8. The number of likely N-dealkylation sites (N-methyl/N-ethyl adjacent to an activating group) is 1. The van der Waals surface area contributed by atoms with Crippen LogP contribution in [0.25, 0.3) is 10.9 Å². The van der Waals surface area contributed by atoms with E-state index in [1.807, 2.05) is 6.92 Å². The van der Waals surface area contributed by atoms with E-state index in [1.54, 1.807) is 0 Å². The Hall–Kier alpha value is -1.08. The zero-order chi connectivity index (χ0) is 15.9. The Bertz CT molecular complexity index is 623. The number of hydrogen-bond donors (Lipinski definition) is 1. The highest BCUT2D eigenvalue weighted by molar-refractivity contribution is 5.81. The van der Waals surface area contributed by atoms with Crippen molar-refractivity contribution < 1.29 is 38.4 Å². The molecule has 0 spiro atoms. The van der Waals surface area contributed by atoms with Crippen LogP contribution in [0.15, 0.2) is 30.3 Å². The SMILES string of the molecule is CCOC(=O)CCCc1cc2ccccc2n1CC[NH+](C)C.[I-]. The van der Waals surface area contributed by atoms with Crippen molar-refractivity contribution in [3.63, 3.8) is 0 Å². The van der Waals surface area contributed by atoms with E-state index in [2.05, 4.69) is 49.0 Å². The monoisotopic (exact) mass is 430 g/mol. The average molecular weight is 430 g/mol. The number of halogens is 1. The van der Waals surface area contributed by atoms with Gasteiger partial charge in [0.1, 0.15) is 0 Å². The second-order valence-electron chi connectivity index (χ2n) is 5.96. The molecule has 0 unspecified atom stereocenters. The number of ether oxygens (including phenoxy) is 1. The summed E-state index contributed by atoms with van der Waals surface area (Å²) in [6, 6.07) is 10.7. The fourth-order valence-electron chi connectivity index (χ4n) is 2.72. The minimum absolute atomic E-state index is 0. The maximum atomic E-state index is 11.5. The molecule has 0 saturated carbocycles. The highest BCUT2D eigenvalue weighted by Gasteiger charge is 2.10. The number of nitrogens with one attached hydrogen (secondary N) is 1. The number of carbonyl (C=O) groups is 1. The normalized spacial score (nSPS) is 10.8. The summed E-state index contributed by atoms with van der Waals surface area (Å²) in [6.45, 7) is 4.40. The van der Waals surface area contributed by atoms with Gasteiger partial charge in [-0.05, 0) is 37.3 Å². The Kier molecular flexibility index (Phi) is 8.62. The largest absolute Gasteiger partial charge is 1.00 e. The molecule has 0 amide bonds. The van der Waals surface area contributed by atoms with Crippen molar-refractivity contribution in [1.82, 2.24) is 4.57 Å². The maximum absolute atomic E-state index is 11.5. The number of carbonyl (C=O) groups excluding carboxylic acids is 1. The lowest BCUT2D eigenvalue weighted by Crippen LogP contribution is -3.06. The molecule has 23 heavy (non-hydrogen) atoms. The highest BCUT2D eigenvalue weighted by atomic mass is 127. The molecule has 1 aromatic heterocycles. The predicted molar refractivity (Wildman–Crippen MR) is 89.2 cm³/mol. The molecule has 1 aromatic carbocycles. The standard InChI is InChI=1S/C18H26N2O2.HI/c1-4-22-18(21)11-7-9-16-14-15-8-5-6-10-17(15)20(16)13-12-19(2)3;/h5-6,8,10,14H,4,7,9,11-13H2,1-3H3;1H. The molecular weight excluding hydrogens is 403 g/mol. The number of aryl methyl sites for hydroxylation is 1. The Morgan fingerprint density at radius 1 is 1.26 bits per heavy atom. The van der Waals surface area contributed by atoms with E-state index in [0.29, 0.717) is 13.0 Å². The van der Waals surface area contributed by atoms with Gasteiger partial charge in [-0.1, -0.05) is 18.2 Å². The van der Waals surface area contributed by atoms with E-state index in [1.165, 1.54) is 21.5 Å². The van der Waals surface area contributed by atoms with Gasteiger partial charge >= 0.3 is 5.97 Å². The minimum atomic E-state index is -0.0945. The van der Waals surface area contributed by atoms with Gasteiger partial charge in [-0.25, -0.2) is 0 Å². The zero-order valence-corrected chi connectivity index (χ0v) is 16.4. The lowest BCUT2D eigenvalue weighted by atomic mass is 10.2. The molecule has 0 saturated heterocycles. The first kappa shape index (κ1) is 20.0. The number of benzene rings is 1. The van der Waals surface area contributed by atoms with Gasteiger partial charge in [0.2, 0.25) is 0 Å². The van der Waals surface area contributed by atoms with Gasteiger partial charge in [-0.15, -0.1) is 0 Å². The summed E-state index contributed by atoms with van der Waals surface area (Å²) in [5.74, 6) is -0.0945. The smallest absolute Gasteiger partial charge is 0.305 e. The third-order valence-corrected chi connectivity index (χ3v) is 3.85. The number of hydrogen-bond acceptors (Lipinski definition) is 2. The van der Waals surface area contributed by atoms with E-state index in [9.17, 15) is 4.79 Å². The fraction of sp³-hybridized carbons (Fsp3) is 0.500. The minimum Gasteiger partial charge on any atom is -1.00 e. The highest BCUT2D eigenvalue weighted by Crippen LogP contribution is 2.21. The molecule has 1 heterocycles. The lowest BCUT2D eigenvalue weighted by molar-refractivity contribution is -0.858. The fourth-order valence-corrected chi connectivity index (χ4v) is 2.72. The number of aromatic nitrogens is 1. The van der Waals surface area contributed by atoms with Crippen LogP contribution in [0.2, 0.25) is 0 Å². The van der Waals surface area contributed by atoms with Crippen molar-refractivity contribution in [2.24, 2.45) is 0 Å². The maximum Gasteiger partial charge on any atom is 0.305 e. The summed E-state index contributed by atoms with van der Waals surface area (Å²) in [5.41, 5.74) is 2.60. The van der Waals surface area contributed by atoms with Crippen LogP contribution in [-0.4, -0.2) is 37.8 Å². The third kappa shape index (κ3) is 5.80. The van der Waals surface area contributed by atoms with E-state index in [-0.39, 0.29) is 29.9 Å². The van der Waals surface area contributed by atoms with Crippen molar-refractivity contribution >= 4 is 16.9 Å². The number of quaternary nitrogens is 1. The molecule has 2 rings (SSSR count). The molecule has 0 bridgehead atoms. The molecule has 1 N–H and O–H groups in total. The Morgan fingerprint density at radius 3 is 2.70 bits per heavy atom. The van der Waals surface area contributed by atoms with Crippen LogP contribution in [0.5, 0.6) is 0 Å². The van der Waals surface area contributed by atoms with E-state index in [0.717, 1.165) is 25.9 Å². The molecule has 0 aliphatic rings. The first-order chi connectivity index (χ1) is 10.6. The van der Waals surface area contributed by atoms with Crippen molar-refractivity contribution in [2.45, 2.75) is 32.7 Å². The summed E-state index contributed by atoms with van der Waals surface area (Å²) in [7, 11) is 4.35. The number of para-hydroxylation sites is 1. The van der Waals surface area contributed by atoms with Crippen LogP contribution in [0, 0.1) is 0 Å². The van der Waals surface area contributed by atoms with Crippen LogP contribution in [0.1, 0.15) is 25.5 Å². The molecule has 0 aliphatic carbocycles. The van der Waals surface area contributed by atoms with Gasteiger partial charge in [0.25, 0.3) is 0 Å². The lowest BCUT2D eigenvalue weighted by Gasteiger charge is -2.13. The van der Waals surface area contributed by atoms with E-state index in [4.69, 9.17) is 4.74 Å². The second-order valence-corrected chi connectivity index (χ2v) is 5.96. The van der Waals surface area contributed by atoms with Crippen LogP contribution < -0.4 is 28.9 Å². The van der Waals surface area contributed by atoms with Gasteiger partial charge in [-0.2, -0.15) is 0 Å². The number of esters is 1. The first-order valence-electron chi connectivity index (χ1n) is 8.13. The summed E-state index contributed by atoms with van der Waals surface area (Å²) in [6.07, 6.45) is 2.24. The Morgan fingerprint density at radius 2 is 2.00 bits per heavy atom. The summed E-state index contributed by atoms with van der Waals surface area (Å²) in [5, 5.41) is 1.28. The van der Waals surface area contributed by atoms with Crippen LogP contribution in [-0.2, 0) is 22.5 Å². The molecule has 5 heteroatoms. The average Bonchev–Trinajstić information content (AvgIpc) is 2.83. The zero-order valence-electron chi connectivity index (χ0n) is 14.3. The molecular formula is C18H27IN2O2. The molecule has 4 nitrogen and oxygen atoms in total. The number of fused-ring (bicyclic) bond motifs is 1. The molecule has 0 fully saturated rings. The molecule has 128 valence electrons. The van der Waals surface area contributed by atoms with Gasteiger partial charge < -0.3 is 38.2 Å². The molecule has 0 aliphatic heterocycles. The van der Waals surface area contributed by atoms with Gasteiger partial charge in [0.05, 0.1) is 33.8 Å². The van der Waals surface area contributed by atoms with Gasteiger partial charge in [0.15, 0.2) is 0 Å². The van der Waals surface area contributed by atoms with Crippen molar-refractivity contribution in [2.75, 3.05) is 27.2 Å². The van der Waals surface area contributed by atoms with Crippen LogP contribution in [0.4, 0.5) is 0 Å². The Balaban J connectivity index is 0.00000264.